The number of hydrogen-bond donors (Lipinski definition) is 1. The Hall–Kier alpha value is -0.820. The predicted molar refractivity (Wildman–Crippen MR) is 92.9 cm³/mol. The first-order valence-corrected chi connectivity index (χ1v) is 9.96. The van der Waals surface area contributed by atoms with Gasteiger partial charge >= 0.3 is 0 Å². The SMILES string of the molecule is CN(CC(=O)NCCc1ccc(Cl)cc1Cl)[C@H]1CCS(=O)(=O)C1. The van der Waals surface area contributed by atoms with Gasteiger partial charge in [-0.2, -0.15) is 0 Å². The number of rotatable bonds is 6. The maximum Gasteiger partial charge on any atom is 0.234 e. The van der Waals surface area contributed by atoms with E-state index in [0.717, 1.165) is 5.56 Å². The molecule has 0 spiro atoms. The number of amides is 1. The third-order valence-electron chi connectivity index (χ3n) is 3.96. The molecule has 8 heteroatoms. The number of halogens is 2. The average molecular weight is 379 g/mol. The lowest BCUT2D eigenvalue weighted by Gasteiger charge is -2.22. The average Bonchev–Trinajstić information content (AvgIpc) is 2.81. The second-order valence-corrected chi connectivity index (χ2v) is 8.88. The smallest absolute Gasteiger partial charge is 0.234 e. The van der Waals surface area contributed by atoms with Gasteiger partial charge in [-0.1, -0.05) is 29.3 Å². The summed E-state index contributed by atoms with van der Waals surface area (Å²) in [6.45, 7) is 0.658. The molecule has 0 radical (unpaired) electrons. The van der Waals surface area contributed by atoms with Crippen LogP contribution in [0.25, 0.3) is 0 Å². The van der Waals surface area contributed by atoms with Crippen molar-refractivity contribution in [2.24, 2.45) is 0 Å². The molecule has 0 aliphatic carbocycles. The number of benzene rings is 1. The van der Waals surface area contributed by atoms with Crippen molar-refractivity contribution in [1.29, 1.82) is 0 Å². The van der Waals surface area contributed by atoms with Crippen molar-refractivity contribution in [2.45, 2.75) is 18.9 Å². The lowest BCUT2D eigenvalue weighted by Crippen LogP contribution is -2.41. The van der Waals surface area contributed by atoms with Crippen molar-refractivity contribution in [3.63, 3.8) is 0 Å². The van der Waals surface area contributed by atoms with E-state index in [1.165, 1.54) is 0 Å². The quantitative estimate of drug-likeness (QED) is 0.818. The molecule has 0 aromatic heterocycles. The van der Waals surface area contributed by atoms with Gasteiger partial charge < -0.3 is 5.32 Å². The fourth-order valence-corrected chi connectivity index (χ4v) is 4.90. The van der Waals surface area contributed by atoms with Crippen LogP contribution in [0.15, 0.2) is 18.2 Å². The fraction of sp³-hybridized carbons (Fsp3) is 0.533. The number of likely N-dealkylation sites (N-methyl/N-ethyl adjacent to an activating group) is 1. The standard InChI is InChI=1S/C15H20Cl2N2O3S/c1-19(13-5-7-23(21,22)10-13)9-15(20)18-6-4-11-2-3-12(16)8-14(11)17/h2-3,8,13H,4-7,9-10H2,1H3,(H,18,20)/t13-/m0/s1. The van der Waals surface area contributed by atoms with Crippen LogP contribution in [0.2, 0.25) is 10.0 Å². The third-order valence-corrected chi connectivity index (χ3v) is 6.29. The van der Waals surface area contributed by atoms with E-state index in [2.05, 4.69) is 5.32 Å². The number of hydrogen-bond acceptors (Lipinski definition) is 4. The van der Waals surface area contributed by atoms with E-state index in [1.807, 2.05) is 6.07 Å². The molecule has 1 aliphatic heterocycles. The summed E-state index contributed by atoms with van der Waals surface area (Å²) in [5.41, 5.74) is 0.923. The van der Waals surface area contributed by atoms with Crippen LogP contribution in [0.1, 0.15) is 12.0 Å². The van der Waals surface area contributed by atoms with Crippen molar-refractivity contribution in [3.8, 4) is 0 Å². The summed E-state index contributed by atoms with van der Waals surface area (Å²) in [5, 5.41) is 3.99. The van der Waals surface area contributed by atoms with E-state index in [0.29, 0.717) is 29.4 Å². The molecule has 1 aromatic carbocycles. The highest BCUT2D eigenvalue weighted by Crippen LogP contribution is 2.21. The fourth-order valence-electron chi connectivity index (χ4n) is 2.60. The molecule has 1 aliphatic rings. The van der Waals surface area contributed by atoms with Gasteiger partial charge in [0.1, 0.15) is 0 Å². The molecule has 1 heterocycles. The second-order valence-electron chi connectivity index (χ2n) is 5.81. The van der Waals surface area contributed by atoms with Crippen LogP contribution in [0.3, 0.4) is 0 Å². The minimum Gasteiger partial charge on any atom is -0.355 e. The lowest BCUT2D eigenvalue weighted by atomic mass is 10.1. The van der Waals surface area contributed by atoms with E-state index < -0.39 is 9.84 Å². The van der Waals surface area contributed by atoms with Crippen molar-refractivity contribution in [2.75, 3.05) is 31.6 Å². The number of carbonyl (C=O) groups is 1. The highest BCUT2D eigenvalue weighted by atomic mass is 35.5. The van der Waals surface area contributed by atoms with Crippen LogP contribution in [-0.4, -0.2) is 56.9 Å². The Morgan fingerprint density at radius 3 is 2.74 bits per heavy atom. The minimum absolute atomic E-state index is 0.0727. The molecule has 23 heavy (non-hydrogen) atoms. The molecule has 1 fully saturated rings. The number of nitrogens with zero attached hydrogens (tertiary/aromatic N) is 1. The summed E-state index contributed by atoms with van der Waals surface area (Å²) in [6.07, 6.45) is 1.20. The maximum atomic E-state index is 11.9. The Morgan fingerprint density at radius 2 is 2.13 bits per heavy atom. The molecule has 2 rings (SSSR count). The van der Waals surface area contributed by atoms with Crippen molar-refractivity contribution < 1.29 is 13.2 Å². The third kappa shape index (κ3) is 5.64. The molecule has 128 valence electrons. The summed E-state index contributed by atoms with van der Waals surface area (Å²) in [6, 6.07) is 5.20. The van der Waals surface area contributed by atoms with Crippen LogP contribution in [0.4, 0.5) is 0 Å². The molecule has 1 atom stereocenters. The van der Waals surface area contributed by atoms with E-state index in [-0.39, 0.29) is 30.0 Å². The summed E-state index contributed by atoms with van der Waals surface area (Å²) in [4.78, 5) is 13.7. The molecular formula is C15H20Cl2N2O3S. The monoisotopic (exact) mass is 378 g/mol. The zero-order valence-corrected chi connectivity index (χ0v) is 15.2. The predicted octanol–water partition coefficient (Wildman–Crippen LogP) is 1.77. The van der Waals surface area contributed by atoms with Gasteiger partial charge in [0.15, 0.2) is 9.84 Å². The number of nitrogens with one attached hydrogen (secondary N) is 1. The first kappa shape index (κ1) is 18.5. The van der Waals surface area contributed by atoms with Crippen LogP contribution >= 0.6 is 23.2 Å². The van der Waals surface area contributed by atoms with E-state index in [9.17, 15) is 13.2 Å². The number of sulfone groups is 1. The zero-order chi connectivity index (χ0) is 17.0. The highest BCUT2D eigenvalue weighted by Gasteiger charge is 2.31. The van der Waals surface area contributed by atoms with E-state index >= 15 is 0 Å². The van der Waals surface area contributed by atoms with Crippen LogP contribution < -0.4 is 5.32 Å². The van der Waals surface area contributed by atoms with Crippen molar-refractivity contribution in [1.82, 2.24) is 10.2 Å². The Labute approximate surface area is 146 Å². The Balaban J connectivity index is 1.75. The van der Waals surface area contributed by atoms with E-state index in [4.69, 9.17) is 23.2 Å². The Kier molecular flexibility index (Phi) is 6.31. The van der Waals surface area contributed by atoms with Gasteiger partial charge in [0.25, 0.3) is 0 Å². The molecule has 1 aromatic rings. The summed E-state index contributed by atoms with van der Waals surface area (Å²) >= 11 is 11.9. The molecule has 1 N–H and O–H groups in total. The summed E-state index contributed by atoms with van der Waals surface area (Å²) < 4.78 is 22.9. The molecule has 0 saturated carbocycles. The minimum atomic E-state index is -2.94. The van der Waals surface area contributed by atoms with Crippen LogP contribution in [-0.2, 0) is 21.1 Å². The first-order valence-electron chi connectivity index (χ1n) is 7.38. The molecule has 5 nitrogen and oxygen atoms in total. The molecule has 0 bridgehead atoms. The summed E-state index contributed by atoms with van der Waals surface area (Å²) in [7, 11) is -1.16. The first-order chi connectivity index (χ1) is 10.8. The Bertz CT molecular complexity index is 679. The summed E-state index contributed by atoms with van der Waals surface area (Å²) in [5.74, 6) is 0.220. The zero-order valence-electron chi connectivity index (χ0n) is 12.9. The largest absolute Gasteiger partial charge is 0.355 e. The lowest BCUT2D eigenvalue weighted by molar-refractivity contribution is -0.122. The van der Waals surface area contributed by atoms with Gasteiger partial charge in [0.05, 0.1) is 18.1 Å². The molecule has 1 amide bonds. The van der Waals surface area contributed by atoms with Gasteiger partial charge in [-0.25, -0.2) is 8.42 Å². The van der Waals surface area contributed by atoms with Crippen LogP contribution in [0, 0.1) is 0 Å². The molecular weight excluding hydrogens is 359 g/mol. The second kappa shape index (κ2) is 7.83. The molecule has 1 saturated heterocycles. The normalized spacial score (nSPS) is 19.9. The maximum absolute atomic E-state index is 11.9. The van der Waals surface area contributed by atoms with Crippen molar-refractivity contribution >= 4 is 38.9 Å². The topological polar surface area (TPSA) is 66.5 Å². The van der Waals surface area contributed by atoms with Crippen LogP contribution in [0.5, 0.6) is 0 Å². The van der Waals surface area contributed by atoms with Crippen molar-refractivity contribution in [3.05, 3.63) is 33.8 Å². The van der Waals surface area contributed by atoms with E-state index in [1.54, 1.807) is 24.1 Å². The number of carbonyl (C=O) groups excluding carboxylic acids is 1. The van der Waals surface area contributed by atoms with Gasteiger partial charge in [-0.15, -0.1) is 0 Å². The molecule has 0 unspecified atom stereocenters. The Morgan fingerprint density at radius 1 is 1.39 bits per heavy atom. The van der Waals surface area contributed by atoms with Gasteiger partial charge in [0.2, 0.25) is 5.91 Å². The highest BCUT2D eigenvalue weighted by molar-refractivity contribution is 7.91. The van der Waals surface area contributed by atoms with Gasteiger partial charge in [-0.05, 0) is 37.6 Å². The van der Waals surface area contributed by atoms with Gasteiger partial charge in [-0.3, -0.25) is 9.69 Å². The van der Waals surface area contributed by atoms with Gasteiger partial charge in [0, 0.05) is 22.6 Å².